The summed E-state index contributed by atoms with van der Waals surface area (Å²) < 4.78 is 67.4. The Kier molecular flexibility index (Phi) is 6.09. The lowest BCUT2D eigenvalue weighted by atomic mass is 10.2. The van der Waals surface area contributed by atoms with Gasteiger partial charge in [-0.3, -0.25) is 9.10 Å². The zero-order valence-corrected chi connectivity index (χ0v) is 18.7. The van der Waals surface area contributed by atoms with Crippen LogP contribution in [0.1, 0.15) is 11.1 Å². The molecule has 0 saturated carbocycles. The fraction of sp³-hybridized carbons (Fsp3) is 0.125. The zero-order valence-electron chi connectivity index (χ0n) is 17.9. The average Bonchev–Trinajstić information content (AvgIpc) is 3.25. The number of amides is 1. The van der Waals surface area contributed by atoms with Crippen molar-refractivity contribution < 1.29 is 26.4 Å². The molecule has 4 rings (SSSR count). The maximum Gasteiger partial charge on any atom is 0.416 e. The number of sulfonamides is 1. The number of aromatic amines is 1. The monoisotopic (exact) mass is 487 g/mol. The van der Waals surface area contributed by atoms with E-state index in [2.05, 4.69) is 10.3 Å². The fourth-order valence-corrected chi connectivity index (χ4v) is 4.86. The summed E-state index contributed by atoms with van der Waals surface area (Å²) in [5.41, 5.74) is 0.792. The molecule has 0 aliphatic rings. The van der Waals surface area contributed by atoms with Gasteiger partial charge in [0.05, 0.1) is 16.1 Å². The third-order valence-electron chi connectivity index (χ3n) is 5.19. The van der Waals surface area contributed by atoms with Crippen LogP contribution in [0.2, 0.25) is 0 Å². The number of aromatic nitrogens is 1. The third-order valence-corrected chi connectivity index (χ3v) is 6.98. The number of H-pyrrole nitrogens is 1. The van der Waals surface area contributed by atoms with Crippen molar-refractivity contribution >= 4 is 38.2 Å². The molecule has 1 aromatic heterocycles. The fourth-order valence-electron chi connectivity index (χ4n) is 3.45. The van der Waals surface area contributed by atoms with Crippen LogP contribution in [0, 0.1) is 6.92 Å². The summed E-state index contributed by atoms with van der Waals surface area (Å²) in [6.45, 7) is 1.05. The highest BCUT2D eigenvalue weighted by atomic mass is 32.2. The van der Waals surface area contributed by atoms with Crippen molar-refractivity contribution in [1.82, 2.24) is 4.98 Å². The first kappa shape index (κ1) is 23.4. The number of hydrogen-bond donors (Lipinski definition) is 2. The molecule has 34 heavy (non-hydrogen) atoms. The quantitative estimate of drug-likeness (QED) is 0.386. The standard InChI is InChI=1S/C24H20F3N3O3S/c1-16-5-8-21(9-6-16)34(32,33)30(20-4-2-3-18(14-20)24(25,26)27)15-23(31)29-19-7-10-22-17(13-19)11-12-28-22/h2-14,28H,15H2,1H3,(H,29,31). The van der Waals surface area contributed by atoms with Gasteiger partial charge >= 0.3 is 6.18 Å². The number of hydrogen-bond acceptors (Lipinski definition) is 3. The van der Waals surface area contributed by atoms with Crippen LogP contribution in [-0.2, 0) is 21.0 Å². The molecule has 6 nitrogen and oxygen atoms in total. The Morgan fingerprint density at radius 2 is 1.74 bits per heavy atom. The topological polar surface area (TPSA) is 82.3 Å². The van der Waals surface area contributed by atoms with E-state index in [0.717, 1.165) is 28.6 Å². The molecule has 0 atom stereocenters. The van der Waals surface area contributed by atoms with Crippen LogP contribution < -0.4 is 9.62 Å². The molecule has 0 unspecified atom stereocenters. The van der Waals surface area contributed by atoms with Crippen molar-refractivity contribution in [3.05, 3.63) is 90.1 Å². The van der Waals surface area contributed by atoms with Gasteiger partial charge in [-0.1, -0.05) is 23.8 Å². The smallest absolute Gasteiger partial charge is 0.361 e. The second-order valence-corrected chi connectivity index (χ2v) is 9.56. The maximum atomic E-state index is 13.4. The number of anilines is 2. The summed E-state index contributed by atoms with van der Waals surface area (Å²) in [5, 5.41) is 3.45. The molecule has 0 aliphatic carbocycles. The Bertz CT molecular complexity index is 1450. The van der Waals surface area contributed by atoms with Crippen LogP contribution >= 0.6 is 0 Å². The van der Waals surface area contributed by atoms with Gasteiger partial charge in [-0.25, -0.2) is 8.42 Å². The van der Waals surface area contributed by atoms with Gasteiger partial charge < -0.3 is 10.3 Å². The number of benzene rings is 3. The van der Waals surface area contributed by atoms with Gasteiger partial charge in [-0.2, -0.15) is 13.2 Å². The molecule has 2 N–H and O–H groups in total. The van der Waals surface area contributed by atoms with Crippen molar-refractivity contribution in [3.63, 3.8) is 0 Å². The number of alkyl halides is 3. The van der Waals surface area contributed by atoms with Crippen LogP contribution in [0.25, 0.3) is 10.9 Å². The van der Waals surface area contributed by atoms with E-state index < -0.39 is 34.2 Å². The van der Waals surface area contributed by atoms with Crippen molar-refractivity contribution in [3.8, 4) is 0 Å². The number of carbonyl (C=O) groups excluding carboxylic acids is 1. The van der Waals surface area contributed by atoms with Crippen molar-refractivity contribution in [2.24, 2.45) is 0 Å². The van der Waals surface area contributed by atoms with E-state index in [-0.39, 0.29) is 10.6 Å². The number of nitrogens with one attached hydrogen (secondary N) is 2. The molecule has 0 radical (unpaired) electrons. The Balaban J connectivity index is 1.69. The Hall–Kier alpha value is -3.79. The lowest BCUT2D eigenvalue weighted by Gasteiger charge is -2.25. The minimum atomic E-state index is -4.68. The first-order chi connectivity index (χ1) is 16.0. The largest absolute Gasteiger partial charge is 0.416 e. The van der Waals surface area contributed by atoms with E-state index in [4.69, 9.17) is 0 Å². The van der Waals surface area contributed by atoms with E-state index in [0.29, 0.717) is 16.1 Å². The second-order valence-electron chi connectivity index (χ2n) is 7.70. The molecule has 0 aliphatic heterocycles. The predicted octanol–water partition coefficient (Wildman–Crippen LogP) is 5.33. The number of fused-ring (bicyclic) bond motifs is 1. The maximum absolute atomic E-state index is 13.4. The second kappa shape index (κ2) is 8.86. The summed E-state index contributed by atoms with van der Waals surface area (Å²) in [4.78, 5) is 15.7. The summed E-state index contributed by atoms with van der Waals surface area (Å²) >= 11 is 0. The van der Waals surface area contributed by atoms with Crippen molar-refractivity contribution in [2.45, 2.75) is 18.0 Å². The minimum Gasteiger partial charge on any atom is -0.361 e. The number of aryl methyl sites for hydroxylation is 1. The van der Waals surface area contributed by atoms with E-state index in [9.17, 15) is 26.4 Å². The van der Waals surface area contributed by atoms with E-state index >= 15 is 0 Å². The summed E-state index contributed by atoms with van der Waals surface area (Å²) in [6.07, 6.45) is -2.94. The molecular formula is C24H20F3N3O3S. The molecule has 10 heteroatoms. The van der Waals surface area contributed by atoms with Gasteiger partial charge in [0.25, 0.3) is 10.0 Å². The normalized spacial score (nSPS) is 12.0. The molecule has 1 amide bonds. The van der Waals surface area contributed by atoms with E-state index in [1.165, 1.54) is 18.2 Å². The molecule has 176 valence electrons. The van der Waals surface area contributed by atoms with Gasteiger partial charge in [0.1, 0.15) is 6.54 Å². The van der Waals surface area contributed by atoms with Gasteiger partial charge in [0.2, 0.25) is 5.91 Å². The molecular weight excluding hydrogens is 467 g/mol. The van der Waals surface area contributed by atoms with Crippen LogP contribution in [-0.4, -0.2) is 25.9 Å². The van der Waals surface area contributed by atoms with Crippen molar-refractivity contribution in [2.75, 3.05) is 16.2 Å². The molecule has 0 spiro atoms. The third kappa shape index (κ3) is 4.91. The van der Waals surface area contributed by atoms with Gasteiger partial charge in [-0.05, 0) is 61.5 Å². The summed E-state index contributed by atoms with van der Waals surface area (Å²) in [6, 6.07) is 16.6. The molecule has 0 fully saturated rings. The van der Waals surface area contributed by atoms with E-state index in [1.807, 2.05) is 6.07 Å². The number of nitrogens with zero attached hydrogens (tertiary/aromatic N) is 1. The van der Waals surface area contributed by atoms with Crippen LogP contribution in [0.15, 0.2) is 83.9 Å². The molecule has 1 heterocycles. The van der Waals surface area contributed by atoms with Gasteiger partial charge in [-0.15, -0.1) is 0 Å². The highest BCUT2D eigenvalue weighted by Crippen LogP contribution is 2.33. The molecule has 3 aromatic carbocycles. The number of halogens is 3. The average molecular weight is 488 g/mol. The lowest BCUT2D eigenvalue weighted by molar-refractivity contribution is -0.137. The Morgan fingerprint density at radius 3 is 2.44 bits per heavy atom. The first-order valence-corrected chi connectivity index (χ1v) is 11.6. The summed E-state index contributed by atoms with van der Waals surface area (Å²) in [5.74, 6) is -0.706. The molecule has 0 bridgehead atoms. The van der Waals surface area contributed by atoms with E-state index in [1.54, 1.807) is 43.5 Å². The zero-order chi connectivity index (χ0) is 24.5. The molecule has 0 saturated heterocycles. The highest BCUT2D eigenvalue weighted by Gasteiger charge is 2.33. The highest BCUT2D eigenvalue weighted by molar-refractivity contribution is 7.92. The van der Waals surface area contributed by atoms with Crippen LogP contribution in [0.3, 0.4) is 0 Å². The van der Waals surface area contributed by atoms with Crippen molar-refractivity contribution in [1.29, 1.82) is 0 Å². The molecule has 4 aromatic rings. The SMILES string of the molecule is Cc1ccc(S(=O)(=O)N(CC(=O)Nc2ccc3[nH]ccc3c2)c2cccc(C(F)(F)F)c2)cc1. The first-order valence-electron chi connectivity index (χ1n) is 10.2. The van der Waals surface area contributed by atoms with Crippen LogP contribution in [0.5, 0.6) is 0 Å². The summed E-state index contributed by atoms with van der Waals surface area (Å²) in [7, 11) is -4.35. The Labute approximate surface area is 194 Å². The Morgan fingerprint density at radius 1 is 1.00 bits per heavy atom. The van der Waals surface area contributed by atoms with Crippen LogP contribution in [0.4, 0.5) is 24.5 Å². The van der Waals surface area contributed by atoms with Gasteiger partial charge in [0, 0.05) is 22.8 Å². The number of carbonyl (C=O) groups is 1. The minimum absolute atomic E-state index is 0.142. The predicted molar refractivity (Wildman–Crippen MR) is 124 cm³/mol. The number of rotatable bonds is 6. The van der Waals surface area contributed by atoms with Gasteiger partial charge in [0.15, 0.2) is 0 Å². The lowest BCUT2D eigenvalue weighted by Crippen LogP contribution is -2.38.